The highest BCUT2D eigenvalue weighted by Gasteiger charge is 2.20. The summed E-state index contributed by atoms with van der Waals surface area (Å²) in [6, 6.07) is 17.3. The van der Waals surface area contributed by atoms with E-state index in [1.165, 1.54) is 0 Å². The number of amides is 1. The molecule has 134 valence electrons. The Bertz CT molecular complexity index is 916. The number of aryl methyl sites for hydroxylation is 1. The molecule has 0 aliphatic heterocycles. The van der Waals surface area contributed by atoms with E-state index in [2.05, 4.69) is 5.10 Å². The number of hydrogen-bond donors (Lipinski definition) is 0. The van der Waals surface area contributed by atoms with Crippen LogP contribution in [0.5, 0.6) is 5.75 Å². The quantitative estimate of drug-likeness (QED) is 0.704. The van der Waals surface area contributed by atoms with Crippen molar-refractivity contribution in [2.75, 3.05) is 14.2 Å². The molecule has 26 heavy (non-hydrogen) atoms. The van der Waals surface area contributed by atoms with Gasteiger partial charge in [-0.25, -0.2) is 4.68 Å². The van der Waals surface area contributed by atoms with E-state index in [-0.39, 0.29) is 5.91 Å². The van der Waals surface area contributed by atoms with Crippen LogP contribution in [-0.2, 0) is 6.54 Å². The van der Waals surface area contributed by atoms with Crippen LogP contribution in [0.15, 0.2) is 54.6 Å². The minimum atomic E-state index is -0.0753. The second kappa shape index (κ2) is 7.44. The number of rotatable bonds is 5. The van der Waals surface area contributed by atoms with Gasteiger partial charge in [0.1, 0.15) is 5.75 Å². The molecule has 0 unspecified atom stereocenters. The molecule has 0 radical (unpaired) electrons. The average Bonchev–Trinajstić information content (AvgIpc) is 2.96. The zero-order chi connectivity index (χ0) is 18.7. The SMILES string of the molecule is COc1ccccc1C(=O)N(C)Cc1c(C)nn(-c2ccccc2)c1C. The molecule has 3 rings (SSSR count). The van der Waals surface area contributed by atoms with E-state index < -0.39 is 0 Å². The highest BCUT2D eigenvalue weighted by Crippen LogP contribution is 2.22. The Morgan fingerprint density at radius 2 is 1.73 bits per heavy atom. The molecule has 5 heteroatoms. The molecule has 0 saturated heterocycles. The fourth-order valence-corrected chi connectivity index (χ4v) is 3.06. The summed E-state index contributed by atoms with van der Waals surface area (Å²) in [6.07, 6.45) is 0. The Labute approximate surface area is 153 Å². The smallest absolute Gasteiger partial charge is 0.257 e. The van der Waals surface area contributed by atoms with Gasteiger partial charge in [0.05, 0.1) is 24.1 Å². The van der Waals surface area contributed by atoms with Crippen LogP contribution in [-0.4, -0.2) is 34.7 Å². The van der Waals surface area contributed by atoms with Gasteiger partial charge in [0.25, 0.3) is 5.91 Å². The Morgan fingerprint density at radius 3 is 2.42 bits per heavy atom. The molecule has 3 aromatic rings. The predicted molar refractivity (Wildman–Crippen MR) is 102 cm³/mol. The maximum atomic E-state index is 12.8. The van der Waals surface area contributed by atoms with Crippen molar-refractivity contribution in [3.63, 3.8) is 0 Å². The van der Waals surface area contributed by atoms with Gasteiger partial charge in [-0.2, -0.15) is 5.10 Å². The van der Waals surface area contributed by atoms with E-state index in [0.717, 1.165) is 22.6 Å². The van der Waals surface area contributed by atoms with Crippen molar-refractivity contribution in [3.05, 3.63) is 77.1 Å². The van der Waals surface area contributed by atoms with Gasteiger partial charge < -0.3 is 9.64 Å². The summed E-state index contributed by atoms with van der Waals surface area (Å²) < 4.78 is 7.23. The van der Waals surface area contributed by atoms with E-state index in [4.69, 9.17) is 4.74 Å². The van der Waals surface area contributed by atoms with Crippen molar-refractivity contribution in [3.8, 4) is 11.4 Å². The summed E-state index contributed by atoms with van der Waals surface area (Å²) in [5.74, 6) is 0.506. The molecular formula is C21H23N3O2. The molecule has 0 aliphatic carbocycles. The maximum absolute atomic E-state index is 12.8. The molecule has 0 aliphatic rings. The number of ether oxygens (including phenoxy) is 1. The molecule has 0 N–H and O–H groups in total. The van der Waals surface area contributed by atoms with E-state index >= 15 is 0 Å². The van der Waals surface area contributed by atoms with Crippen LogP contribution < -0.4 is 4.74 Å². The molecule has 0 atom stereocenters. The van der Waals surface area contributed by atoms with Gasteiger partial charge in [-0.05, 0) is 38.1 Å². The van der Waals surface area contributed by atoms with Gasteiger partial charge in [-0.1, -0.05) is 30.3 Å². The molecule has 0 bridgehead atoms. The average molecular weight is 349 g/mol. The summed E-state index contributed by atoms with van der Waals surface area (Å²) in [5.41, 5.74) is 4.58. The first-order valence-corrected chi connectivity index (χ1v) is 8.52. The molecule has 2 aromatic carbocycles. The van der Waals surface area contributed by atoms with E-state index in [0.29, 0.717) is 17.9 Å². The third-order valence-corrected chi connectivity index (χ3v) is 4.52. The van der Waals surface area contributed by atoms with Gasteiger partial charge in [0, 0.05) is 24.8 Å². The van der Waals surface area contributed by atoms with E-state index in [1.807, 2.05) is 61.0 Å². The largest absolute Gasteiger partial charge is 0.496 e. The fraction of sp³-hybridized carbons (Fsp3) is 0.238. The first kappa shape index (κ1) is 17.7. The molecule has 1 aromatic heterocycles. The van der Waals surface area contributed by atoms with Gasteiger partial charge in [-0.15, -0.1) is 0 Å². The second-order valence-corrected chi connectivity index (χ2v) is 6.26. The summed E-state index contributed by atoms with van der Waals surface area (Å²) in [7, 11) is 3.37. The van der Waals surface area contributed by atoms with Gasteiger partial charge >= 0.3 is 0 Å². The fourth-order valence-electron chi connectivity index (χ4n) is 3.06. The Balaban J connectivity index is 1.87. The lowest BCUT2D eigenvalue weighted by molar-refractivity contribution is 0.0781. The van der Waals surface area contributed by atoms with Gasteiger partial charge in [0.2, 0.25) is 0 Å². The topological polar surface area (TPSA) is 47.4 Å². The van der Waals surface area contributed by atoms with Crippen LogP contribution >= 0.6 is 0 Å². The summed E-state index contributed by atoms with van der Waals surface area (Å²) in [6.45, 7) is 4.49. The molecular weight excluding hydrogens is 326 g/mol. The molecule has 5 nitrogen and oxygen atoms in total. The highest BCUT2D eigenvalue weighted by atomic mass is 16.5. The van der Waals surface area contributed by atoms with E-state index in [9.17, 15) is 4.79 Å². The van der Waals surface area contributed by atoms with Crippen molar-refractivity contribution in [2.24, 2.45) is 0 Å². The lowest BCUT2D eigenvalue weighted by Gasteiger charge is -2.19. The van der Waals surface area contributed by atoms with Crippen LogP contribution in [0.4, 0.5) is 0 Å². The Kier molecular flexibility index (Phi) is 5.07. The summed E-state index contributed by atoms with van der Waals surface area (Å²) in [5, 5.41) is 4.65. The highest BCUT2D eigenvalue weighted by molar-refractivity contribution is 5.96. The van der Waals surface area contributed by atoms with Gasteiger partial charge in [0.15, 0.2) is 0 Å². The van der Waals surface area contributed by atoms with Crippen LogP contribution in [0, 0.1) is 13.8 Å². The zero-order valence-corrected chi connectivity index (χ0v) is 15.6. The minimum Gasteiger partial charge on any atom is -0.496 e. The van der Waals surface area contributed by atoms with Crippen LogP contribution in [0.25, 0.3) is 5.69 Å². The molecule has 1 amide bonds. The molecule has 0 saturated carbocycles. The number of hydrogen-bond acceptors (Lipinski definition) is 3. The van der Waals surface area contributed by atoms with Crippen molar-refractivity contribution < 1.29 is 9.53 Å². The number of carbonyl (C=O) groups is 1. The monoisotopic (exact) mass is 349 g/mol. The number of para-hydroxylation sites is 2. The third kappa shape index (κ3) is 3.33. The number of carbonyl (C=O) groups excluding carboxylic acids is 1. The van der Waals surface area contributed by atoms with Crippen LogP contribution in [0.1, 0.15) is 27.3 Å². The lowest BCUT2D eigenvalue weighted by Crippen LogP contribution is -2.27. The van der Waals surface area contributed by atoms with Crippen molar-refractivity contribution in [2.45, 2.75) is 20.4 Å². The lowest BCUT2D eigenvalue weighted by atomic mass is 10.1. The minimum absolute atomic E-state index is 0.0753. The summed E-state index contributed by atoms with van der Waals surface area (Å²) in [4.78, 5) is 14.5. The normalized spacial score (nSPS) is 10.6. The molecule has 0 spiro atoms. The molecule has 1 heterocycles. The third-order valence-electron chi connectivity index (χ3n) is 4.52. The van der Waals surface area contributed by atoms with Crippen molar-refractivity contribution >= 4 is 5.91 Å². The zero-order valence-electron chi connectivity index (χ0n) is 15.6. The van der Waals surface area contributed by atoms with Crippen LogP contribution in [0.3, 0.4) is 0 Å². The Hall–Kier alpha value is -3.08. The van der Waals surface area contributed by atoms with Crippen LogP contribution in [0.2, 0.25) is 0 Å². The molecule has 0 fully saturated rings. The Morgan fingerprint density at radius 1 is 1.08 bits per heavy atom. The number of aromatic nitrogens is 2. The first-order valence-electron chi connectivity index (χ1n) is 8.52. The maximum Gasteiger partial charge on any atom is 0.257 e. The predicted octanol–water partition coefficient (Wildman–Crippen LogP) is 3.77. The van der Waals surface area contributed by atoms with Crippen molar-refractivity contribution in [1.29, 1.82) is 0 Å². The standard InChI is InChI=1S/C21H23N3O2/c1-15-19(16(2)24(22-15)17-10-6-5-7-11-17)14-23(3)21(25)18-12-8-9-13-20(18)26-4/h5-13H,14H2,1-4H3. The van der Waals surface area contributed by atoms with E-state index in [1.54, 1.807) is 31.2 Å². The summed E-state index contributed by atoms with van der Waals surface area (Å²) >= 11 is 0. The number of benzene rings is 2. The number of methoxy groups -OCH3 is 1. The number of nitrogens with zero attached hydrogens (tertiary/aromatic N) is 3. The van der Waals surface area contributed by atoms with Crippen molar-refractivity contribution in [1.82, 2.24) is 14.7 Å². The second-order valence-electron chi connectivity index (χ2n) is 6.26. The first-order chi connectivity index (χ1) is 12.5. The van der Waals surface area contributed by atoms with Gasteiger partial charge in [-0.3, -0.25) is 4.79 Å².